The van der Waals surface area contributed by atoms with Crippen molar-refractivity contribution in [1.29, 1.82) is 0 Å². The van der Waals surface area contributed by atoms with Gasteiger partial charge in [0.25, 0.3) is 0 Å². The average molecular weight is 287 g/mol. The number of carbonyl (C=O) groups is 2. The lowest BCUT2D eigenvalue weighted by molar-refractivity contribution is -0.125. The lowest BCUT2D eigenvalue weighted by Gasteiger charge is -2.26. The maximum Gasteiger partial charge on any atom is 0.226 e. The van der Waals surface area contributed by atoms with Gasteiger partial charge in [-0.25, -0.2) is 0 Å². The van der Waals surface area contributed by atoms with Crippen LogP contribution in [-0.4, -0.2) is 12.3 Å². The minimum Gasteiger partial charge on any atom is -0.299 e. The number of rotatable bonds is 4. The summed E-state index contributed by atoms with van der Waals surface area (Å²) in [5.41, 5.74) is 4.36. The Kier molecular flexibility index (Phi) is 4.22. The second-order valence-electron chi connectivity index (χ2n) is 7.37. The number of imide groups is 1. The van der Waals surface area contributed by atoms with Crippen molar-refractivity contribution < 1.29 is 9.59 Å². The van der Waals surface area contributed by atoms with Crippen molar-refractivity contribution in [3.63, 3.8) is 0 Å². The van der Waals surface area contributed by atoms with Crippen LogP contribution >= 0.6 is 0 Å². The second-order valence-corrected chi connectivity index (χ2v) is 7.37. The van der Waals surface area contributed by atoms with Crippen molar-refractivity contribution in [3.05, 3.63) is 34.9 Å². The van der Waals surface area contributed by atoms with E-state index >= 15 is 0 Å². The lowest BCUT2D eigenvalue weighted by Crippen LogP contribution is -2.26. The first-order chi connectivity index (χ1) is 9.76. The van der Waals surface area contributed by atoms with Gasteiger partial charge in [0, 0.05) is 6.42 Å². The van der Waals surface area contributed by atoms with Gasteiger partial charge in [-0.05, 0) is 46.8 Å². The molecule has 0 aromatic heterocycles. The Morgan fingerprint density at radius 1 is 1.38 bits per heavy atom. The monoisotopic (exact) mass is 287 g/mol. The minimum atomic E-state index is -0.189. The minimum absolute atomic E-state index is 0.0476. The molecule has 1 aliphatic carbocycles. The summed E-state index contributed by atoms with van der Waals surface area (Å²) in [6, 6.07) is 6.78. The molecular weight excluding hydrogens is 262 g/mol. The molecule has 2 amide bonds. The zero-order chi connectivity index (χ0) is 15.7. The molecule has 0 aliphatic heterocycles. The standard InChI is InChI=1S/C18H25NO2/c1-17(2,3)14-5-6-15-13(11-14)7-9-18(15,4)10-8-16(21)19-12-20/h5-6,11-12H,7-10H2,1-4H3,(H,19,20,21). The van der Waals surface area contributed by atoms with Crippen molar-refractivity contribution in [3.8, 4) is 0 Å². The molecule has 2 rings (SSSR count). The van der Waals surface area contributed by atoms with Crippen LogP contribution in [-0.2, 0) is 26.8 Å². The van der Waals surface area contributed by atoms with Crippen LogP contribution in [0.25, 0.3) is 0 Å². The molecular formula is C18H25NO2. The molecule has 0 spiro atoms. The Balaban J connectivity index is 2.17. The molecule has 0 radical (unpaired) electrons. The predicted molar refractivity (Wildman–Crippen MR) is 84.3 cm³/mol. The van der Waals surface area contributed by atoms with Gasteiger partial charge in [-0.1, -0.05) is 45.9 Å². The maximum atomic E-state index is 11.5. The van der Waals surface area contributed by atoms with Gasteiger partial charge in [-0.3, -0.25) is 14.9 Å². The summed E-state index contributed by atoms with van der Waals surface area (Å²) in [5.74, 6) is -0.189. The van der Waals surface area contributed by atoms with Gasteiger partial charge in [0.15, 0.2) is 0 Å². The fourth-order valence-electron chi connectivity index (χ4n) is 3.19. The largest absolute Gasteiger partial charge is 0.299 e. The van der Waals surface area contributed by atoms with E-state index in [-0.39, 0.29) is 16.7 Å². The van der Waals surface area contributed by atoms with Crippen molar-refractivity contribution in [2.24, 2.45) is 0 Å². The van der Waals surface area contributed by atoms with Gasteiger partial charge in [-0.15, -0.1) is 0 Å². The highest BCUT2D eigenvalue weighted by Gasteiger charge is 2.35. The van der Waals surface area contributed by atoms with E-state index < -0.39 is 0 Å². The van der Waals surface area contributed by atoms with Gasteiger partial charge in [-0.2, -0.15) is 0 Å². The highest BCUT2D eigenvalue weighted by atomic mass is 16.2. The number of benzene rings is 1. The van der Waals surface area contributed by atoms with E-state index in [2.05, 4.69) is 51.2 Å². The summed E-state index contributed by atoms with van der Waals surface area (Å²) < 4.78 is 0. The highest BCUT2D eigenvalue weighted by Crippen LogP contribution is 2.43. The number of fused-ring (bicyclic) bond motifs is 1. The molecule has 0 bridgehead atoms. The Labute approximate surface area is 127 Å². The van der Waals surface area contributed by atoms with Gasteiger partial charge < -0.3 is 0 Å². The first-order valence-electron chi connectivity index (χ1n) is 7.63. The summed E-state index contributed by atoms with van der Waals surface area (Å²) >= 11 is 0. The quantitative estimate of drug-likeness (QED) is 0.864. The Morgan fingerprint density at radius 2 is 2.10 bits per heavy atom. The normalized spacial score (nSPS) is 21.0. The number of nitrogens with one attached hydrogen (secondary N) is 1. The maximum absolute atomic E-state index is 11.5. The molecule has 1 atom stereocenters. The molecule has 0 saturated carbocycles. The van der Waals surface area contributed by atoms with E-state index in [9.17, 15) is 9.59 Å². The van der Waals surface area contributed by atoms with E-state index in [0.717, 1.165) is 19.3 Å². The van der Waals surface area contributed by atoms with E-state index in [0.29, 0.717) is 12.8 Å². The van der Waals surface area contributed by atoms with Crippen LogP contribution in [0.5, 0.6) is 0 Å². The molecule has 1 unspecified atom stereocenters. The van der Waals surface area contributed by atoms with E-state index in [1.54, 1.807) is 0 Å². The van der Waals surface area contributed by atoms with Crippen LogP contribution in [0.15, 0.2) is 18.2 Å². The van der Waals surface area contributed by atoms with Crippen LogP contribution in [0.1, 0.15) is 63.6 Å². The Hall–Kier alpha value is -1.64. The van der Waals surface area contributed by atoms with Gasteiger partial charge in [0.2, 0.25) is 12.3 Å². The molecule has 0 saturated heterocycles. The number of hydrogen-bond donors (Lipinski definition) is 1. The summed E-state index contributed by atoms with van der Waals surface area (Å²) in [5, 5.41) is 2.22. The SMILES string of the molecule is CC(C)(C)c1ccc2c(c1)CCC2(C)CCC(=O)NC=O. The lowest BCUT2D eigenvalue weighted by atomic mass is 9.78. The molecule has 3 heteroatoms. The van der Waals surface area contributed by atoms with Crippen molar-refractivity contribution >= 4 is 12.3 Å². The third kappa shape index (κ3) is 3.34. The number of amides is 2. The third-order valence-electron chi connectivity index (χ3n) is 4.69. The Morgan fingerprint density at radius 3 is 2.71 bits per heavy atom. The molecule has 114 valence electrons. The molecule has 1 aromatic carbocycles. The molecule has 1 aliphatic rings. The molecule has 1 aromatic rings. The van der Waals surface area contributed by atoms with Crippen molar-refractivity contribution in [2.75, 3.05) is 0 Å². The zero-order valence-electron chi connectivity index (χ0n) is 13.5. The Bertz CT molecular complexity index is 557. The van der Waals surface area contributed by atoms with Crippen LogP contribution < -0.4 is 5.32 Å². The van der Waals surface area contributed by atoms with Crippen molar-refractivity contribution in [1.82, 2.24) is 5.32 Å². The summed E-state index contributed by atoms with van der Waals surface area (Å²) in [4.78, 5) is 21.8. The molecule has 3 nitrogen and oxygen atoms in total. The first kappa shape index (κ1) is 15.7. The van der Waals surface area contributed by atoms with Crippen LogP contribution in [0.3, 0.4) is 0 Å². The summed E-state index contributed by atoms with van der Waals surface area (Å²) in [6.45, 7) is 8.91. The highest BCUT2D eigenvalue weighted by molar-refractivity contribution is 5.85. The number of carbonyl (C=O) groups excluding carboxylic acids is 2. The van der Waals surface area contributed by atoms with Crippen LogP contribution in [0, 0.1) is 0 Å². The first-order valence-corrected chi connectivity index (χ1v) is 7.63. The van der Waals surface area contributed by atoms with E-state index in [1.807, 2.05) is 0 Å². The predicted octanol–water partition coefficient (Wildman–Crippen LogP) is 3.24. The summed E-state index contributed by atoms with van der Waals surface area (Å²) in [6.07, 6.45) is 3.79. The zero-order valence-corrected chi connectivity index (χ0v) is 13.5. The smallest absolute Gasteiger partial charge is 0.226 e. The van der Waals surface area contributed by atoms with Crippen LogP contribution in [0.2, 0.25) is 0 Å². The van der Waals surface area contributed by atoms with Crippen molar-refractivity contribution in [2.45, 2.75) is 64.2 Å². The fourth-order valence-corrected chi connectivity index (χ4v) is 3.19. The van der Waals surface area contributed by atoms with E-state index in [4.69, 9.17) is 0 Å². The fraction of sp³-hybridized carbons (Fsp3) is 0.556. The topological polar surface area (TPSA) is 46.2 Å². The molecule has 1 N–H and O–H groups in total. The number of aryl methyl sites for hydroxylation is 1. The van der Waals surface area contributed by atoms with E-state index in [1.165, 1.54) is 16.7 Å². The molecule has 0 heterocycles. The van der Waals surface area contributed by atoms with Gasteiger partial charge in [0.1, 0.15) is 0 Å². The van der Waals surface area contributed by atoms with Gasteiger partial charge in [0.05, 0.1) is 0 Å². The number of hydrogen-bond acceptors (Lipinski definition) is 2. The second kappa shape index (κ2) is 5.63. The molecule has 0 fully saturated rings. The third-order valence-corrected chi connectivity index (χ3v) is 4.69. The van der Waals surface area contributed by atoms with Gasteiger partial charge >= 0.3 is 0 Å². The van der Waals surface area contributed by atoms with Crippen LogP contribution in [0.4, 0.5) is 0 Å². The molecule has 21 heavy (non-hydrogen) atoms. The summed E-state index contributed by atoms with van der Waals surface area (Å²) in [7, 11) is 0. The average Bonchev–Trinajstić information content (AvgIpc) is 2.74.